The largest absolute Gasteiger partial charge is 0.349 e. The fourth-order valence-corrected chi connectivity index (χ4v) is 0.815. The molecule has 0 radical (unpaired) electrons. The highest BCUT2D eigenvalue weighted by atomic mass is 16.7. The van der Waals surface area contributed by atoms with Gasteiger partial charge in [-0.05, 0) is 13.8 Å². The van der Waals surface area contributed by atoms with Crippen LogP contribution in [0.3, 0.4) is 0 Å². The van der Waals surface area contributed by atoms with Crippen LogP contribution >= 0.6 is 0 Å². The standard InChI is InChI=1S/C10H20N2O2/c1-6-13-10(14-7-2)9(3)8-11-12(4)5/h8,10H,3,6-7H2,1-2,4-5H3/b11-8-. The molecule has 0 aliphatic heterocycles. The molecule has 0 bridgehead atoms. The van der Waals surface area contributed by atoms with Crippen molar-refractivity contribution >= 4 is 6.21 Å². The lowest BCUT2D eigenvalue weighted by atomic mass is 10.3. The average molecular weight is 200 g/mol. The van der Waals surface area contributed by atoms with Gasteiger partial charge in [0.25, 0.3) is 0 Å². The average Bonchev–Trinajstić information content (AvgIpc) is 2.14. The van der Waals surface area contributed by atoms with Crippen LogP contribution in [-0.2, 0) is 9.47 Å². The summed E-state index contributed by atoms with van der Waals surface area (Å²) in [5.41, 5.74) is 0.724. The molecule has 0 aromatic carbocycles. The first kappa shape index (κ1) is 13.1. The minimum absolute atomic E-state index is 0.381. The van der Waals surface area contributed by atoms with Crippen LogP contribution in [0.15, 0.2) is 17.3 Å². The van der Waals surface area contributed by atoms with E-state index in [0.717, 1.165) is 5.57 Å². The second kappa shape index (κ2) is 7.53. The molecule has 0 atom stereocenters. The highest BCUT2D eigenvalue weighted by Gasteiger charge is 2.10. The molecule has 0 aromatic rings. The SMILES string of the molecule is C=C(/C=N\N(C)C)C(OCC)OCC. The van der Waals surface area contributed by atoms with Gasteiger partial charge in [0, 0.05) is 32.9 Å². The van der Waals surface area contributed by atoms with Gasteiger partial charge in [-0.3, -0.25) is 0 Å². The Morgan fingerprint density at radius 1 is 1.36 bits per heavy atom. The van der Waals surface area contributed by atoms with Crippen LogP contribution in [0, 0.1) is 0 Å². The number of nitrogens with zero attached hydrogens (tertiary/aromatic N) is 2. The van der Waals surface area contributed by atoms with Crippen LogP contribution in [0.25, 0.3) is 0 Å². The maximum absolute atomic E-state index is 5.34. The number of ether oxygens (including phenoxy) is 2. The van der Waals surface area contributed by atoms with Crippen LogP contribution in [0.5, 0.6) is 0 Å². The molecule has 0 saturated carbocycles. The smallest absolute Gasteiger partial charge is 0.184 e. The molecular formula is C10H20N2O2. The predicted molar refractivity (Wildman–Crippen MR) is 58.4 cm³/mol. The van der Waals surface area contributed by atoms with Crippen molar-refractivity contribution in [2.24, 2.45) is 5.10 Å². The Kier molecular flexibility index (Phi) is 7.06. The zero-order valence-corrected chi connectivity index (χ0v) is 9.49. The van der Waals surface area contributed by atoms with Gasteiger partial charge in [-0.25, -0.2) is 0 Å². The molecule has 14 heavy (non-hydrogen) atoms. The first-order valence-electron chi connectivity index (χ1n) is 4.75. The zero-order valence-electron chi connectivity index (χ0n) is 9.49. The molecule has 0 amide bonds. The van der Waals surface area contributed by atoms with Crippen molar-refractivity contribution < 1.29 is 9.47 Å². The summed E-state index contributed by atoms with van der Waals surface area (Å²) in [6.07, 6.45) is 1.27. The third kappa shape index (κ3) is 5.72. The lowest BCUT2D eigenvalue weighted by Crippen LogP contribution is -2.20. The fraction of sp³-hybridized carbons (Fsp3) is 0.700. The molecule has 0 unspecified atom stereocenters. The topological polar surface area (TPSA) is 34.1 Å². The fourth-order valence-electron chi connectivity index (χ4n) is 0.815. The summed E-state index contributed by atoms with van der Waals surface area (Å²) in [4.78, 5) is 0. The van der Waals surface area contributed by atoms with E-state index in [0.29, 0.717) is 13.2 Å². The second-order valence-corrected chi connectivity index (χ2v) is 2.91. The van der Waals surface area contributed by atoms with Crippen molar-refractivity contribution in [3.8, 4) is 0 Å². The highest BCUT2D eigenvalue weighted by Crippen LogP contribution is 2.04. The van der Waals surface area contributed by atoms with E-state index < -0.39 is 0 Å². The van der Waals surface area contributed by atoms with Crippen molar-refractivity contribution in [1.29, 1.82) is 0 Å². The van der Waals surface area contributed by atoms with Crippen LogP contribution < -0.4 is 0 Å². The van der Waals surface area contributed by atoms with Crippen LogP contribution in [-0.4, -0.2) is 44.8 Å². The number of hydrogen-bond acceptors (Lipinski definition) is 4. The summed E-state index contributed by atoms with van der Waals surface area (Å²) in [5, 5.41) is 5.75. The molecule has 0 aliphatic carbocycles. The molecule has 0 spiro atoms. The van der Waals surface area contributed by atoms with Gasteiger partial charge in [-0.1, -0.05) is 6.58 Å². The number of hydrazone groups is 1. The summed E-state index contributed by atoms with van der Waals surface area (Å²) in [5.74, 6) is 0. The van der Waals surface area contributed by atoms with Crippen LogP contribution in [0.1, 0.15) is 13.8 Å². The van der Waals surface area contributed by atoms with E-state index in [1.54, 1.807) is 11.2 Å². The molecule has 4 nitrogen and oxygen atoms in total. The maximum atomic E-state index is 5.34. The molecule has 4 heteroatoms. The van der Waals surface area contributed by atoms with Crippen molar-refractivity contribution in [3.05, 3.63) is 12.2 Å². The normalized spacial score (nSPS) is 11.2. The Labute approximate surface area is 86.2 Å². The van der Waals surface area contributed by atoms with Crippen molar-refractivity contribution in [2.75, 3.05) is 27.3 Å². The maximum Gasteiger partial charge on any atom is 0.184 e. The molecular weight excluding hydrogens is 180 g/mol. The Balaban J connectivity index is 4.13. The van der Waals surface area contributed by atoms with Crippen molar-refractivity contribution in [3.63, 3.8) is 0 Å². The Bertz CT molecular complexity index is 185. The van der Waals surface area contributed by atoms with E-state index >= 15 is 0 Å². The molecule has 0 fully saturated rings. The number of rotatable bonds is 7. The minimum atomic E-state index is -0.381. The molecule has 0 aliphatic rings. The van der Waals surface area contributed by atoms with Gasteiger partial charge in [0.15, 0.2) is 6.29 Å². The van der Waals surface area contributed by atoms with E-state index in [2.05, 4.69) is 11.7 Å². The van der Waals surface area contributed by atoms with Gasteiger partial charge in [0.05, 0.1) is 6.21 Å². The van der Waals surface area contributed by atoms with E-state index in [1.807, 2.05) is 27.9 Å². The van der Waals surface area contributed by atoms with Gasteiger partial charge in [0.1, 0.15) is 0 Å². The van der Waals surface area contributed by atoms with E-state index in [9.17, 15) is 0 Å². The van der Waals surface area contributed by atoms with Gasteiger partial charge in [-0.15, -0.1) is 0 Å². The van der Waals surface area contributed by atoms with E-state index in [-0.39, 0.29) is 6.29 Å². The first-order chi connectivity index (χ1) is 6.61. The van der Waals surface area contributed by atoms with Gasteiger partial charge >= 0.3 is 0 Å². The molecule has 0 N–H and O–H groups in total. The number of hydrogen-bond donors (Lipinski definition) is 0. The Morgan fingerprint density at radius 2 is 1.86 bits per heavy atom. The summed E-state index contributed by atoms with van der Waals surface area (Å²) in [6, 6.07) is 0. The lowest BCUT2D eigenvalue weighted by molar-refractivity contribution is -0.107. The molecule has 82 valence electrons. The third-order valence-electron chi connectivity index (χ3n) is 1.39. The highest BCUT2D eigenvalue weighted by molar-refractivity contribution is 5.78. The Hall–Kier alpha value is -0.870. The molecule has 0 aromatic heterocycles. The summed E-state index contributed by atoms with van der Waals surface area (Å²) >= 11 is 0. The lowest BCUT2D eigenvalue weighted by Gasteiger charge is -2.16. The minimum Gasteiger partial charge on any atom is -0.349 e. The van der Waals surface area contributed by atoms with Crippen molar-refractivity contribution in [1.82, 2.24) is 5.01 Å². The summed E-state index contributed by atoms with van der Waals surface area (Å²) < 4.78 is 10.7. The van der Waals surface area contributed by atoms with E-state index in [4.69, 9.17) is 9.47 Å². The third-order valence-corrected chi connectivity index (χ3v) is 1.39. The zero-order chi connectivity index (χ0) is 11.0. The summed E-state index contributed by atoms with van der Waals surface area (Å²) in [6.45, 7) is 8.87. The van der Waals surface area contributed by atoms with Gasteiger partial charge < -0.3 is 14.5 Å². The van der Waals surface area contributed by atoms with Crippen molar-refractivity contribution in [2.45, 2.75) is 20.1 Å². The molecule has 0 saturated heterocycles. The second-order valence-electron chi connectivity index (χ2n) is 2.91. The predicted octanol–water partition coefficient (Wildman–Crippen LogP) is 1.49. The molecule has 0 rings (SSSR count). The quantitative estimate of drug-likeness (QED) is 0.355. The molecule has 0 heterocycles. The van der Waals surface area contributed by atoms with Gasteiger partial charge in [0.2, 0.25) is 0 Å². The monoisotopic (exact) mass is 200 g/mol. The van der Waals surface area contributed by atoms with E-state index in [1.165, 1.54) is 0 Å². The van der Waals surface area contributed by atoms with Gasteiger partial charge in [-0.2, -0.15) is 5.10 Å². The van der Waals surface area contributed by atoms with Crippen LogP contribution in [0.2, 0.25) is 0 Å². The van der Waals surface area contributed by atoms with Crippen LogP contribution in [0.4, 0.5) is 0 Å². The Morgan fingerprint density at radius 3 is 2.21 bits per heavy atom. The summed E-state index contributed by atoms with van der Waals surface area (Å²) in [7, 11) is 3.69. The first-order valence-corrected chi connectivity index (χ1v) is 4.75.